The van der Waals surface area contributed by atoms with Gasteiger partial charge in [-0.05, 0) is 32.1 Å². The van der Waals surface area contributed by atoms with E-state index in [1.807, 2.05) is 13.8 Å². The number of aliphatic carboxylic acids is 1. The van der Waals surface area contributed by atoms with Crippen molar-refractivity contribution in [2.75, 3.05) is 6.54 Å². The molecule has 1 saturated heterocycles. The fourth-order valence-electron chi connectivity index (χ4n) is 3.55. The molecule has 0 radical (unpaired) electrons. The second-order valence-electron chi connectivity index (χ2n) is 7.70. The molecule has 0 aromatic heterocycles. The molecule has 1 amide bonds. The number of hydrogen-bond acceptors (Lipinski definition) is 3. The maximum absolute atomic E-state index is 13.8. The van der Waals surface area contributed by atoms with Gasteiger partial charge in [0.15, 0.2) is 0 Å². The van der Waals surface area contributed by atoms with Crippen LogP contribution in [0.25, 0.3) is 0 Å². The van der Waals surface area contributed by atoms with E-state index in [0.29, 0.717) is 0 Å². The van der Waals surface area contributed by atoms with Crippen molar-refractivity contribution in [3.63, 3.8) is 0 Å². The minimum atomic E-state index is -1.12. The summed E-state index contributed by atoms with van der Waals surface area (Å²) in [5.74, 6) is -1.63. The van der Waals surface area contributed by atoms with Gasteiger partial charge in [-0.3, -0.25) is 4.79 Å². The van der Waals surface area contributed by atoms with Gasteiger partial charge in [0.25, 0.3) is 0 Å². The highest BCUT2D eigenvalue weighted by Crippen LogP contribution is 2.62. The standard InChI is InChI=1S/C15H24FNO4/c1-14(2,3)21-13(20)17-7-8(16)6-9(17)10-11(12(18)19)15(10,4)5/h8-11H,6-7H2,1-5H3,(H,18,19)/t8-,9?,10+,11-/m0/s1. The van der Waals surface area contributed by atoms with E-state index in [2.05, 4.69) is 0 Å². The van der Waals surface area contributed by atoms with Crippen LogP contribution in [-0.2, 0) is 9.53 Å². The zero-order valence-electron chi connectivity index (χ0n) is 13.2. The monoisotopic (exact) mass is 301 g/mol. The lowest BCUT2D eigenvalue weighted by Gasteiger charge is -2.29. The van der Waals surface area contributed by atoms with Gasteiger partial charge in [-0.2, -0.15) is 0 Å². The predicted molar refractivity (Wildman–Crippen MR) is 74.6 cm³/mol. The number of likely N-dealkylation sites (tertiary alicyclic amines) is 1. The second-order valence-corrected chi connectivity index (χ2v) is 7.70. The number of carboxylic acids is 1. The van der Waals surface area contributed by atoms with E-state index < -0.39 is 41.2 Å². The maximum Gasteiger partial charge on any atom is 0.410 e. The van der Waals surface area contributed by atoms with E-state index in [0.717, 1.165) is 0 Å². The fraction of sp³-hybridized carbons (Fsp3) is 0.867. The summed E-state index contributed by atoms with van der Waals surface area (Å²) in [6, 6.07) is -0.397. The van der Waals surface area contributed by atoms with Crippen molar-refractivity contribution in [3.05, 3.63) is 0 Å². The topological polar surface area (TPSA) is 66.8 Å². The van der Waals surface area contributed by atoms with Gasteiger partial charge in [0.2, 0.25) is 0 Å². The Morgan fingerprint density at radius 1 is 1.33 bits per heavy atom. The van der Waals surface area contributed by atoms with E-state index in [-0.39, 0.29) is 18.9 Å². The summed E-state index contributed by atoms with van der Waals surface area (Å²) in [5, 5.41) is 9.27. The van der Waals surface area contributed by atoms with Crippen molar-refractivity contribution in [3.8, 4) is 0 Å². The Balaban J connectivity index is 2.15. The first-order valence-corrected chi connectivity index (χ1v) is 7.31. The van der Waals surface area contributed by atoms with E-state index >= 15 is 0 Å². The lowest BCUT2D eigenvalue weighted by Crippen LogP contribution is -2.41. The second kappa shape index (κ2) is 4.85. The number of rotatable bonds is 2. The van der Waals surface area contributed by atoms with Crippen molar-refractivity contribution in [2.24, 2.45) is 17.3 Å². The van der Waals surface area contributed by atoms with Crippen LogP contribution in [0.5, 0.6) is 0 Å². The molecule has 0 spiro atoms. The number of carbonyl (C=O) groups excluding carboxylic acids is 1. The van der Waals surface area contributed by atoms with Gasteiger partial charge in [-0.25, -0.2) is 9.18 Å². The van der Waals surface area contributed by atoms with Gasteiger partial charge in [0.1, 0.15) is 11.8 Å². The molecule has 0 aromatic carbocycles. The van der Waals surface area contributed by atoms with Gasteiger partial charge < -0.3 is 14.7 Å². The summed E-state index contributed by atoms with van der Waals surface area (Å²) < 4.78 is 19.1. The molecule has 1 unspecified atom stereocenters. The number of ether oxygens (including phenoxy) is 1. The van der Waals surface area contributed by atoms with Crippen molar-refractivity contribution >= 4 is 12.1 Å². The highest BCUT2D eigenvalue weighted by Gasteiger charge is 2.67. The number of nitrogens with zero attached hydrogens (tertiary/aromatic N) is 1. The Labute approximate surface area is 124 Å². The lowest BCUT2D eigenvalue weighted by molar-refractivity contribution is -0.139. The molecule has 1 aliphatic carbocycles. The number of alkyl halides is 1. The Bertz CT molecular complexity index is 457. The molecule has 0 aromatic rings. The quantitative estimate of drug-likeness (QED) is 0.851. The summed E-state index contributed by atoms with van der Waals surface area (Å²) in [7, 11) is 0. The molecule has 1 aliphatic heterocycles. The number of halogens is 1. The molecule has 1 heterocycles. The van der Waals surface area contributed by atoms with Gasteiger partial charge in [-0.1, -0.05) is 13.8 Å². The van der Waals surface area contributed by atoms with Crippen LogP contribution in [-0.4, -0.2) is 46.4 Å². The SMILES string of the molecule is CC(C)(C)OC(=O)N1C[C@@H](F)CC1[C@@H]1[C@@H](C(=O)O)C1(C)C. The number of carboxylic acid groups (broad SMARTS) is 1. The molecule has 2 aliphatic rings. The predicted octanol–water partition coefficient (Wildman–Crippen LogP) is 2.69. The summed E-state index contributed by atoms with van der Waals surface area (Å²) >= 11 is 0. The molecule has 2 rings (SSSR count). The van der Waals surface area contributed by atoms with Gasteiger partial charge in [-0.15, -0.1) is 0 Å². The summed E-state index contributed by atoms with van der Waals surface area (Å²) in [5.41, 5.74) is -1.07. The molecular weight excluding hydrogens is 277 g/mol. The minimum absolute atomic E-state index is 0.0154. The van der Waals surface area contributed by atoms with E-state index in [9.17, 15) is 19.1 Å². The van der Waals surface area contributed by atoms with Crippen molar-refractivity contribution in [1.29, 1.82) is 0 Å². The van der Waals surface area contributed by atoms with E-state index in [4.69, 9.17) is 4.74 Å². The number of carbonyl (C=O) groups is 2. The Hall–Kier alpha value is -1.33. The van der Waals surface area contributed by atoms with E-state index in [1.165, 1.54) is 4.90 Å². The number of amides is 1. The van der Waals surface area contributed by atoms with Crippen LogP contribution in [0.3, 0.4) is 0 Å². The molecule has 1 saturated carbocycles. The third-order valence-corrected chi connectivity index (χ3v) is 4.51. The average Bonchev–Trinajstić information content (AvgIpc) is 2.65. The molecule has 120 valence electrons. The van der Waals surface area contributed by atoms with Crippen LogP contribution in [0.15, 0.2) is 0 Å². The van der Waals surface area contributed by atoms with E-state index in [1.54, 1.807) is 20.8 Å². The molecule has 21 heavy (non-hydrogen) atoms. The van der Waals surface area contributed by atoms with Crippen molar-refractivity contribution in [1.82, 2.24) is 4.90 Å². The highest BCUT2D eigenvalue weighted by atomic mass is 19.1. The largest absolute Gasteiger partial charge is 0.481 e. The summed E-state index contributed by atoms with van der Waals surface area (Å²) in [4.78, 5) is 24.9. The lowest BCUT2D eigenvalue weighted by atomic mass is 10.0. The van der Waals surface area contributed by atoms with Gasteiger partial charge in [0, 0.05) is 12.5 Å². The smallest absolute Gasteiger partial charge is 0.410 e. The first kappa shape index (κ1) is 16.0. The van der Waals surface area contributed by atoms with Crippen LogP contribution >= 0.6 is 0 Å². The molecule has 0 bridgehead atoms. The van der Waals surface area contributed by atoms with Crippen LogP contribution in [0.2, 0.25) is 0 Å². The van der Waals surface area contributed by atoms with Crippen LogP contribution < -0.4 is 0 Å². The van der Waals surface area contributed by atoms with Crippen LogP contribution in [0.4, 0.5) is 9.18 Å². The first-order valence-electron chi connectivity index (χ1n) is 7.31. The Morgan fingerprint density at radius 2 is 1.90 bits per heavy atom. The molecule has 1 N–H and O–H groups in total. The fourth-order valence-corrected chi connectivity index (χ4v) is 3.55. The van der Waals surface area contributed by atoms with Gasteiger partial charge in [0.05, 0.1) is 12.5 Å². The zero-order chi connectivity index (χ0) is 16.2. The molecule has 6 heteroatoms. The number of hydrogen-bond donors (Lipinski definition) is 1. The molecule has 5 nitrogen and oxygen atoms in total. The Kier molecular flexibility index (Phi) is 3.71. The zero-order valence-corrected chi connectivity index (χ0v) is 13.2. The molecule has 4 atom stereocenters. The molecular formula is C15H24FNO4. The third-order valence-electron chi connectivity index (χ3n) is 4.51. The van der Waals surface area contributed by atoms with Gasteiger partial charge >= 0.3 is 12.1 Å². The molecule has 2 fully saturated rings. The normalized spacial score (nSPS) is 34.7. The summed E-state index contributed by atoms with van der Waals surface area (Å²) in [6.45, 7) is 8.96. The van der Waals surface area contributed by atoms with Crippen molar-refractivity contribution in [2.45, 2.75) is 58.9 Å². The van der Waals surface area contributed by atoms with Crippen molar-refractivity contribution < 1.29 is 23.8 Å². The summed E-state index contributed by atoms with van der Waals surface area (Å²) in [6.07, 6.45) is -1.48. The Morgan fingerprint density at radius 3 is 2.33 bits per heavy atom. The minimum Gasteiger partial charge on any atom is -0.481 e. The average molecular weight is 301 g/mol. The maximum atomic E-state index is 13.8. The van der Waals surface area contributed by atoms with Crippen LogP contribution in [0.1, 0.15) is 41.0 Å². The third kappa shape index (κ3) is 2.99. The van der Waals surface area contributed by atoms with Crippen LogP contribution in [0, 0.1) is 17.3 Å². The first-order chi connectivity index (χ1) is 9.45. The highest BCUT2D eigenvalue weighted by molar-refractivity contribution is 5.76.